The van der Waals surface area contributed by atoms with E-state index in [1.165, 1.54) is 48.5 Å². The third kappa shape index (κ3) is 6.46. The van der Waals surface area contributed by atoms with Crippen molar-refractivity contribution in [2.45, 2.75) is 0 Å². The van der Waals surface area contributed by atoms with Crippen LogP contribution in [-0.2, 0) is 16.8 Å². The fourth-order valence-electron chi connectivity index (χ4n) is 1.21. The fourth-order valence-corrected chi connectivity index (χ4v) is 1.21. The molecule has 0 amide bonds. The molecule has 21 heavy (non-hydrogen) atoms. The maximum Gasteiger partial charge on any atom is 0.335 e. The van der Waals surface area contributed by atoms with Gasteiger partial charge in [-0.3, -0.25) is 0 Å². The van der Waals surface area contributed by atoms with Crippen molar-refractivity contribution in [3.63, 3.8) is 0 Å². The van der Waals surface area contributed by atoms with Crippen LogP contribution < -0.4 is 0 Å². The molecule has 1 radical (unpaired) electrons. The van der Waals surface area contributed by atoms with E-state index in [4.69, 9.17) is 20.4 Å². The van der Waals surface area contributed by atoms with Crippen LogP contribution in [0.3, 0.4) is 0 Å². The zero-order chi connectivity index (χ0) is 15.1. The summed E-state index contributed by atoms with van der Waals surface area (Å²) in [6, 6.07) is 10.7. The summed E-state index contributed by atoms with van der Waals surface area (Å²) in [5.74, 6) is -1.82. The van der Waals surface area contributed by atoms with Crippen LogP contribution in [0.2, 0.25) is 0 Å². The Kier molecular flexibility index (Phi) is 7.59. The van der Waals surface area contributed by atoms with Crippen molar-refractivity contribution in [3.05, 3.63) is 59.7 Å². The largest absolute Gasteiger partial charge is 0.508 e. The maximum atomic E-state index is 10.2. The molecule has 0 fully saturated rings. The molecule has 0 heterocycles. The molecule has 0 unspecified atom stereocenters. The molecule has 4 N–H and O–H groups in total. The molecule has 0 spiro atoms. The van der Waals surface area contributed by atoms with Crippen LogP contribution in [0.4, 0.5) is 0 Å². The van der Waals surface area contributed by atoms with Crippen LogP contribution in [-0.4, -0.2) is 32.4 Å². The van der Waals surface area contributed by atoms with Crippen molar-refractivity contribution in [3.8, 4) is 11.5 Å². The molecule has 0 aromatic heterocycles. The first-order chi connectivity index (χ1) is 9.40. The number of rotatable bonds is 2. The van der Waals surface area contributed by atoms with Crippen LogP contribution in [0, 0.1) is 0 Å². The third-order valence-electron chi connectivity index (χ3n) is 2.23. The molecule has 2 aromatic rings. The Hall–Kier alpha value is -2.51. The predicted octanol–water partition coefficient (Wildman–Crippen LogP) is 2.18. The first-order valence-electron chi connectivity index (χ1n) is 5.45. The number of hydrogen-bond acceptors (Lipinski definition) is 4. The van der Waals surface area contributed by atoms with E-state index in [9.17, 15) is 9.59 Å². The molecule has 0 atom stereocenters. The summed E-state index contributed by atoms with van der Waals surface area (Å²) in [5, 5.41) is 34.3. The molecule has 0 saturated carbocycles. The Morgan fingerprint density at radius 2 is 0.857 bits per heavy atom. The summed E-state index contributed by atoms with van der Waals surface area (Å²) < 4.78 is 0. The molecule has 7 heteroatoms. The molecule has 113 valence electrons. The van der Waals surface area contributed by atoms with Gasteiger partial charge in [-0.1, -0.05) is 0 Å². The van der Waals surface area contributed by atoms with E-state index in [-0.39, 0.29) is 39.4 Å². The molecule has 6 nitrogen and oxygen atoms in total. The maximum absolute atomic E-state index is 10.2. The van der Waals surface area contributed by atoms with Crippen LogP contribution in [0.5, 0.6) is 11.5 Å². The van der Waals surface area contributed by atoms with Gasteiger partial charge in [0.2, 0.25) is 0 Å². The van der Waals surface area contributed by atoms with Crippen molar-refractivity contribution in [2.24, 2.45) is 0 Å². The van der Waals surface area contributed by atoms with Crippen molar-refractivity contribution in [2.75, 3.05) is 0 Å². The Labute approximate surface area is 130 Å². The van der Waals surface area contributed by atoms with Gasteiger partial charge in [-0.05, 0) is 48.5 Å². The molecule has 0 aliphatic rings. The average molecular weight is 335 g/mol. The zero-order valence-corrected chi connectivity index (χ0v) is 11.6. The Bertz CT molecular complexity index is 536. The summed E-state index contributed by atoms with van der Waals surface area (Å²) in [5.41, 5.74) is 0.357. The standard InChI is InChI=1S/2C7H6O3.Co/c2*8-6-3-1-5(2-4-6)7(9)10;/h2*1-4,8H,(H,9,10);. The topological polar surface area (TPSA) is 115 Å². The first kappa shape index (κ1) is 18.5. The summed E-state index contributed by atoms with van der Waals surface area (Å²) in [6.45, 7) is 0. The van der Waals surface area contributed by atoms with E-state index in [0.29, 0.717) is 0 Å². The number of benzene rings is 2. The minimum absolute atomic E-state index is 0. The number of aromatic hydroxyl groups is 2. The molecule has 0 bridgehead atoms. The minimum atomic E-state index is -0.986. The van der Waals surface area contributed by atoms with Gasteiger partial charge in [-0.25, -0.2) is 9.59 Å². The molecular weight excluding hydrogens is 323 g/mol. The summed E-state index contributed by atoms with van der Waals surface area (Å²) in [7, 11) is 0. The van der Waals surface area contributed by atoms with Gasteiger partial charge in [-0.15, -0.1) is 0 Å². The second kappa shape index (κ2) is 8.62. The van der Waals surface area contributed by atoms with Crippen molar-refractivity contribution in [1.82, 2.24) is 0 Å². The zero-order valence-electron chi connectivity index (χ0n) is 10.6. The molecule has 0 aliphatic heterocycles. The van der Waals surface area contributed by atoms with Gasteiger partial charge < -0.3 is 20.4 Å². The van der Waals surface area contributed by atoms with Crippen molar-refractivity contribution < 1.29 is 46.8 Å². The molecule has 2 aromatic carbocycles. The second-order valence-electron chi connectivity index (χ2n) is 3.70. The molecular formula is C14H12CoO6. The van der Waals surface area contributed by atoms with E-state index in [0.717, 1.165) is 0 Å². The average Bonchev–Trinajstić information content (AvgIpc) is 2.40. The van der Waals surface area contributed by atoms with Crippen LogP contribution >= 0.6 is 0 Å². The van der Waals surface area contributed by atoms with E-state index in [2.05, 4.69) is 0 Å². The Balaban J connectivity index is 0.000000364. The van der Waals surface area contributed by atoms with Gasteiger partial charge >= 0.3 is 11.9 Å². The van der Waals surface area contributed by atoms with Gasteiger partial charge in [0.25, 0.3) is 0 Å². The van der Waals surface area contributed by atoms with E-state index < -0.39 is 11.9 Å². The van der Waals surface area contributed by atoms with Gasteiger partial charge in [0.05, 0.1) is 11.1 Å². The van der Waals surface area contributed by atoms with Gasteiger partial charge in [0.15, 0.2) is 0 Å². The number of hydrogen-bond donors (Lipinski definition) is 4. The number of carbonyl (C=O) groups is 2. The van der Waals surface area contributed by atoms with Crippen LogP contribution in [0.25, 0.3) is 0 Å². The third-order valence-corrected chi connectivity index (χ3v) is 2.23. The van der Waals surface area contributed by atoms with Crippen molar-refractivity contribution >= 4 is 11.9 Å². The van der Waals surface area contributed by atoms with Gasteiger partial charge in [0, 0.05) is 16.8 Å². The minimum Gasteiger partial charge on any atom is -0.508 e. The summed E-state index contributed by atoms with van der Waals surface area (Å²) in [4.78, 5) is 20.5. The van der Waals surface area contributed by atoms with Crippen LogP contribution in [0.15, 0.2) is 48.5 Å². The van der Waals surface area contributed by atoms with E-state index in [1.807, 2.05) is 0 Å². The Morgan fingerprint density at radius 3 is 1.05 bits per heavy atom. The van der Waals surface area contributed by atoms with E-state index >= 15 is 0 Å². The van der Waals surface area contributed by atoms with Crippen LogP contribution in [0.1, 0.15) is 20.7 Å². The predicted molar refractivity (Wildman–Crippen MR) is 70.1 cm³/mol. The summed E-state index contributed by atoms with van der Waals surface area (Å²) >= 11 is 0. The van der Waals surface area contributed by atoms with Gasteiger partial charge in [-0.2, -0.15) is 0 Å². The molecule has 2 rings (SSSR count). The molecule has 0 saturated heterocycles. The van der Waals surface area contributed by atoms with E-state index in [1.54, 1.807) is 0 Å². The van der Waals surface area contributed by atoms with Crippen molar-refractivity contribution in [1.29, 1.82) is 0 Å². The van der Waals surface area contributed by atoms with Gasteiger partial charge in [0.1, 0.15) is 11.5 Å². The number of carboxylic acids is 2. The number of carboxylic acid groups (broad SMARTS) is 2. The summed E-state index contributed by atoms with van der Waals surface area (Å²) in [6.07, 6.45) is 0. The monoisotopic (exact) mass is 335 g/mol. The normalized spacial score (nSPS) is 8.76. The Morgan fingerprint density at radius 1 is 0.619 bits per heavy atom. The quantitative estimate of drug-likeness (QED) is 0.669. The smallest absolute Gasteiger partial charge is 0.335 e. The fraction of sp³-hybridized carbons (Fsp3) is 0. The number of phenols is 2. The number of phenolic OH excluding ortho intramolecular Hbond substituents is 2. The second-order valence-corrected chi connectivity index (χ2v) is 3.70. The first-order valence-corrected chi connectivity index (χ1v) is 5.45. The number of aromatic carboxylic acids is 2. The molecule has 0 aliphatic carbocycles. The SMILES string of the molecule is O=C(O)c1ccc(O)cc1.O=C(O)c1ccc(O)cc1.[Co].